The average molecular weight is 360 g/mol. The molecule has 0 radical (unpaired) electrons. The Balaban J connectivity index is 1.85. The van der Waals surface area contributed by atoms with E-state index in [9.17, 15) is 19.5 Å². The van der Waals surface area contributed by atoms with Gasteiger partial charge in [0.15, 0.2) is 0 Å². The predicted molar refractivity (Wildman–Crippen MR) is 95.4 cm³/mol. The van der Waals surface area contributed by atoms with Crippen LogP contribution in [0.5, 0.6) is 0 Å². The number of amides is 2. The Hall–Kier alpha value is -4.00. The van der Waals surface area contributed by atoms with Crippen LogP contribution in [0.3, 0.4) is 0 Å². The van der Waals surface area contributed by atoms with Crippen LogP contribution in [0.15, 0.2) is 73.1 Å². The highest BCUT2D eigenvalue weighted by Crippen LogP contribution is 2.26. The fraction of sp³-hybridized carbons (Fsp3) is 0. The van der Waals surface area contributed by atoms with E-state index in [4.69, 9.17) is 0 Å². The van der Waals surface area contributed by atoms with E-state index in [0.29, 0.717) is 11.1 Å². The molecule has 0 unspecified atom stereocenters. The van der Waals surface area contributed by atoms with Gasteiger partial charge in [0, 0.05) is 23.5 Å². The van der Waals surface area contributed by atoms with Crippen molar-refractivity contribution in [2.75, 3.05) is 0 Å². The Morgan fingerprint density at radius 1 is 0.741 bits per heavy atom. The molecular weight excluding hydrogens is 346 g/mol. The highest BCUT2D eigenvalue weighted by molar-refractivity contribution is 6.05. The van der Waals surface area contributed by atoms with Gasteiger partial charge in [-0.2, -0.15) is 0 Å². The van der Waals surface area contributed by atoms with Crippen molar-refractivity contribution < 1.29 is 19.5 Å². The van der Waals surface area contributed by atoms with Crippen molar-refractivity contribution in [3.8, 4) is 11.1 Å². The Morgan fingerprint density at radius 3 is 1.96 bits per heavy atom. The van der Waals surface area contributed by atoms with Crippen molar-refractivity contribution in [3.05, 3.63) is 89.7 Å². The first kappa shape index (κ1) is 17.8. The first-order valence-corrected chi connectivity index (χ1v) is 7.98. The third-order valence-electron chi connectivity index (χ3n) is 3.82. The zero-order valence-corrected chi connectivity index (χ0v) is 14.0. The predicted octanol–water partition coefficient (Wildman–Crippen LogP) is 1.19. The fourth-order valence-electron chi connectivity index (χ4n) is 2.56. The van der Waals surface area contributed by atoms with E-state index in [1.807, 2.05) is 0 Å². The largest absolute Gasteiger partial charge is 0.545 e. The van der Waals surface area contributed by atoms with Gasteiger partial charge in [-0.1, -0.05) is 42.5 Å². The number of carboxylic acids is 1. The summed E-state index contributed by atoms with van der Waals surface area (Å²) in [5.41, 5.74) is 5.85. The number of nitrogens with zero attached hydrogens (tertiary/aromatic N) is 1. The number of hydrogen-bond acceptors (Lipinski definition) is 5. The monoisotopic (exact) mass is 360 g/mol. The minimum atomic E-state index is -1.34. The number of aromatic nitrogens is 1. The number of nitrogens with one attached hydrogen (secondary N) is 2. The summed E-state index contributed by atoms with van der Waals surface area (Å²) in [5.74, 6) is -2.45. The molecule has 2 N–H and O–H groups in total. The molecule has 0 aliphatic carbocycles. The number of carboxylic acid groups (broad SMARTS) is 1. The maximum atomic E-state index is 12.6. The van der Waals surface area contributed by atoms with Gasteiger partial charge in [-0.15, -0.1) is 0 Å². The third kappa shape index (κ3) is 3.98. The molecule has 7 heteroatoms. The molecule has 1 heterocycles. The number of hydrazine groups is 1. The van der Waals surface area contributed by atoms with Crippen LogP contribution in [0, 0.1) is 0 Å². The van der Waals surface area contributed by atoms with Gasteiger partial charge >= 0.3 is 0 Å². The smallest absolute Gasteiger partial charge is 0.271 e. The Kier molecular flexibility index (Phi) is 5.22. The summed E-state index contributed by atoms with van der Waals surface area (Å²) >= 11 is 0. The Bertz CT molecular complexity index is 1000. The Morgan fingerprint density at radius 2 is 1.33 bits per heavy atom. The summed E-state index contributed by atoms with van der Waals surface area (Å²) < 4.78 is 0. The van der Waals surface area contributed by atoms with Crippen LogP contribution in [0.4, 0.5) is 0 Å². The molecule has 0 bridgehead atoms. The van der Waals surface area contributed by atoms with Crippen molar-refractivity contribution in [1.29, 1.82) is 0 Å². The number of rotatable bonds is 4. The number of hydrogen-bond donors (Lipinski definition) is 2. The molecular formula is C20H14N3O4-. The lowest BCUT2D eigenvalue weighted by Gasteiger charge is -2.14. The van der Waals surface area contributed by atoms with Gasteiger partial charge in [-0.05, 0) is 29.3 Å². The van der Waals surface area contributed by atoms with Crippen LogP contribution in [-0.2, 0) is 0 Å². The van der Waals surface area contributed by atoms with Gasteiger partial charge in [-0.25, -0.2) is 0 Å². The topological polar surface area (TPSA) is 111 Å². The molecule has 0 aliphatic heterocycles. The molecule has 2 amide bonds. The zero-order chi connectivity index (χ0) is 19.2. The number of aromatic carboxylic acids is 1. The van der Waals surface area contributed by atoms with Crippen molar-refractivity contribution in [2.45, 2.75) is 0 Å². The van der Waals surface area contributed by atoms with E-state index in [2.05, 4.69) is 15.8 Å². The van der Waals surface area contributed by atoms with E-state index in [1.165, 1.54) is 24.5 Å². The van der Waals surface area contributed by atoms with Crippen LogP contribution in [0.25, 0.3) is 11.1 Å². The van der Waals surface area contributed by atoms with Gasteiger partial charge in [-0.3, -0.25) is 25.4 Å². The van der Waals surface area contributed by atoms with E-state index < -0.39 is 17.8 Å². The zero-order valence-electron chi connectivity index (χ0n) is 14.0. The van der Waals surface area contributed by atoms with E-state index in [1.54, 1.807) is 48.5 Å². The molecule has 134 valence electrons. The summed E-state index contributed by atoms with van der Waals surface area (Å²) in [6.45, 7) is 0. The standard InChI is InChI=1S/C20H15N3O4/c24-18(13-6-5-11-21-12-13)22-23-19(25)16-9-3-1-7-14(16)15-8-2-4-10-17(15)20(26)27/h1-12H,(H,22,24)(H,23,25)(H,26,27)/p-1. The number of benzene rings is 2. The molecule has 0 aliphatic rings. The van der Waals surface area contributed by atoms with Crippen molar-refractivity contribution >= 4 is 17.8 Å². The van der Waals surface area contributed by atoms with Crippen LogP contribution in [0.1, 0.15) is 31.1 Å². The van der Waals surface area contributed by atoms with Crippen LogP contribution >= 0.6 is 0 Å². The lowest BCUT2D eigenvalue weighted by Crippen LogP contribution is -2.41. The lowest BCUT2D eigenvalue weighted by molar-refractivity contribution is -0.254. The van der Waals surface area contributed by atoms with E-state index in [0.717, 1.165) is 0 Å². The van der Waals surface area contributed by atoms with Crippen LogP contribution < -0.4 is 16.0 Å². The van der Waals surface area contributed by atoms with Gasteiger partial charge in [0.2, 0.25) is 0 Å². The SMILES string of the molecule is O=C(NNC(=O)c1ccccc1-c1ccccc1C(=O)[O-])c1cccnc1. The average Bonchev–Trinajstić information content (AvgIpc) is 2.72. The fourth-order valence-corrected chi connectivity index (χ4v) is 2.56. The molecule has 27 heavy (non-hydrogen) atoms. The molecule has 7 nitrogen and oxygen atoms in total. The van der Waals surface area contributed by atoms with Crippen LogP contribution in [0.2, 0.25) is 0 Å². The highest BCUT2D eigenvalue weighted by atomic mass is 16.4. The normalized spacial score (nSPS) is 10.1. The summed E-state index contributed by atoms with van der Waals surface area (Å²) in [6.07, 6.45) is 2.89. The summed E-state index contributed by atoms with van der Waals surface area (Å²) in [5, 5.41) is 11.4. The second-order valence-electron chi connectivity index (χ2n) is 5.53. The summed E-state index contributed by atoms with van der Waals surface area (Å²) in [6, 6.07) is 15.9. The van der Waals surface area contributed by atoms with E-state index in [-0.39, 0.29) is 16.7 Å². The van der Waals surface area contributed by atoms with Gasteiger partial charge in [0.1, 0.15) is 0 Å². The second kappa shape index (κ2) is 7.92. The second-order valence-corrected chi connectivity index (χ2v) is 5.53. The quantitative estimate of drug-likeness (QED) is 0.679. The molecule has 0 atom stereocenters. The molecule has 0 fully saturated rings. The maximum Gasteiger partial charge on any atom is 0.271 e. The molecule has 0 spiro atoms. The minimum Gasteiger partial charge on any atom is -0.545 e. The first-order chi connectivity index (χ1) is 13.1. The highest BCUT2D eigenvalue weighted by Gasteiger charge is 2.16. The maximum absolute atomic E-state index is 12.6. The van der Waals surface area contributed by atoms with Gasteiger partial charge in [0.05, 0.1) is 11.5 Å². The van der Waals surface area contributed by atoms with Crippen molar-refractivity contribution in [3.63, 3.8) is 0 Å². The van der Waals surface area contributed by atoms with Crippen molar-refractivity contribution in [1.82, 2.24) is 15.8 Å². The molecule has 0 saturated carbocycles. The number of pyridine rings is 1. The number of carbonyl (C=O) groups excluding carboxylic acids is 3. The minimum absolute atomic E-state index is 0.0304. The van der Waals surface area contributed by atoms with Gasteiger partial charge in [0.25, 0.3) is 11.8 Å². The summed E-state index contributed by atoms with van der Waals surface area (Å²) in [7, 11) is 0. The van der Waals surface area contributed by atoms with Crippen molar-refractivity contribution in [2.24, 2.45) is 0 Å². The first-order valence-electron chi connectivity index (χ1n) is 7.98. The number of carbonyl (C=O) groups is 3. The molecule has 0 saturated heterocycles. The molecule has 3 aromatic rings. The molecule has 2 aromatic carbocycles. The molecule has 1 aromatic heterocycles. The van der Waals surface area contributed by atoms with E-state index >= 15 is 0 Å². The summed E-state index contributed by atoms with van der Waals surface area (Å²) in [4.78, 5) is 39.8. The third-order valence-corrected chi connectivity index (χ3v) is 3.82. The molecule has 3 rings (SSSR count). The Labute approximate surface area is 154 Å². The van der Waals surface area contributed by atoms with Gasteiger partial charge < -0.3 is 9.90 Å². The lowest BCUT2D eigenvalue weighted by atomic mass is 9.95. The van der Waals surface area contributed by atoms with Crippen LogP contribution in [-0.4, -0.2) is 22.8 Å².